The summed E-state index contributed by atoms with van der Waals surface area (Å²) in [5, 5.41) is 2.72. The minimum Gasteiger partial charge on any atom is -0.322 e. The molecule has 1 aromatic carbocycles. The Balaban J connectivity index is 1.61. The summed E-state index contributed by atoms with van der Waals surface area (Å²) in [6, 6.07) is 5.46. The Morgan fingerprint density at radius 1 is 1.27 bits per heavy atom. The number of rotatable bonds is 3. The average Bonchev–Trinajstić information content (AvgIpc) is 2.50. The van der Waals surface area contributed by atoms with Crippen LogP contribution in [0.25, 0.3) is 0 Å². The minimum atomic E-state index is -0.359. The Labute approximate surface area is 131 Å². The number of carbonyl (C=O) groups is 1. The number of halogens is 1. The monoisotopic (exact) mass is 304 g/mol. The van der Waals surface area contributed by atoms with Crippen molar-refractivity contribution in [2.45, 2.75) is 51.5 Å². The van der Waals surface area contributed by atoms with E-state index in [1.54, 1.807) is 6.07 Å². The van der Waals surface area contributed by atoms with Crippen LogP contribution in [0.2, 0.25) is 0 Å². The third-order valence-corrected chi connectivity index (χ3v) is 5.10. The molecule has 3 nitrogen and oxygen atoms in total. The van der Waals surface area contributed by atoms with Gasteiger partial charge in [-0.2, -0.15) is 0 Å². The summed E-state index contributed by atoms with van der Waals surface area (Å²) < 4.78 is 13.8. The maximum atomic E-state index is 13.8. The van der Waals surface area contributed by atoms with Crippen molar-refractivity contribution in [2.75, 3.05) is 18.4 Å². The van der Waals surface area contributed by atoms with E-state index in [-0.39, 0.29) is 17.4 Å². The predicted octanol–water partition coefficient (Wildman–Crippen LogP) is 3.73. The summed E-state index contributed by atoms with van der Waals surface area (Å²) in [6.07, 6.45) is 7.58. The van der Waals surface area contributed by atoms with E-state index in [4.69, 9.17) is 0 Å². The van der Waals surface area contributed by atoms with E-state index in [1.165, 1.54) is 44.6 Å². The van der Waals surface area contributed by atoms with E-state index in [0.717, 1.165) is 18.0 Å². The van der Waals surface area contributed by atoms with Gasteiger partial charge in [0, 0.05) is 6.04 Å². The van der Waals surface area contributed by atoms with E-state index in [9.17, 15) is 9.18 Å². The standard InChI is InChI=1S/C18H25FN2O/c1-13-8-9-16(15(19)11-13)20-18(22)12-21-10-4-6-14-5-2-3-7-17(14)21/h8-9,11,14,17H,2-7,10,12H2,1H3,(H,20,22)/t14-,17-/m0/s1. The molecular formula is C18H25FN2O. The zero-order chi connectivity index (χ0) is 15.5. The number of likely N-dealkylation sites (tertiary alicyclic amines) is 1. The number of benzene rings is 1. The minimum absolute atomic E-state index is 0.103. The molecule has 22 heavy (non-hydrogen) atoms. The summed E-state index contributed by atoms with van der Waals surface area (Å²) in [6.45, 7) is 3.21. The number of hydrogen-bond donors (Lipinski definition) is 1. The highest BCUT2D eigenvalue weighted by molar-refractivity contribution is 5.92. The van der Waals surface area contributed by atoms with Crippen molar-refractivity contribution in [3.63, 3.8) is 0 Å². The molecule has 0 radical (unpaired) electrons. The largest absolute Gasteiger partial charge is 0.322 e. The number of carbonyl (C=O) groups excluding carboxylic acids is 1. The molecule has 4 heteroatoms. The Morgan fingerprint density at radius 3 is 2.86 bits per heavy atom. The second-order valence-electron chi connectivity index (χ2n) is 6.76. The average molecular weight is 304 g/mol. The quantitative estimate of drug-likeness (QED) is 0.923. The molecule has 1 heterocycles. The molecule has 0 unspecified atom stereocenters. The summed E-state index contributed by atoms with van der Waals surface area (Å²) >= 11 is 0. The lowest BCUT2D eigenvalue weighted by Gasteiger charge is -2.43. The molecular weight excluding hydrogens is 279 g/mol. The number of nitrogens with one attached hydrogen (secondary N) is 1. The number of amides is 1. The molecule has 2 atom stereocenters. The van der Waals surface area contributed by atoms with Gasteiger partial charge in [0.2, 0.25) is 5.91 Å². The molecule has 1 saturated heterocycles. The van der Waals surface area contributed by atoms with Gasteiger partial charge in [-0.3, -0.25) is 9.69 Å². The lowest BCUT2D eigenvalue weighted by Crippen LogP contribution is -2.49. The Kier molecular flexibility index (Phi) is 4.77. The van der Waals surface area contributed by atoms with Crippen LogP contribution in [-0.2, 0) is 4.79 Å². The predicted molar refractivity (Wildman–Crippen MR) is 86.3 cm³/mol. The van der Waals surface area contributed by atoms with Crippen molar-refractivity contribution < 1.29 is 9.18 Å². The van der Waals surface area contributed by atoms with Gasteiger partial charge in [0.25, 0.3) is 0 Å². The number of anilines is 1. The van der Waals surface area contributed by atoms with E-state index in [2.05, 4.69) is 10.2 Å². The fourth-order valence-corrected chi connectivity index (χ4v) is 4.02. The Hall–Kier alpha value is -1.42. The SMILES string of the molecule is Cc1ccc(NC(=O)CN2CCC[C@@H]3CCCC[C@@H]32)c(F)c1. The van der Waals surface area contributed by atoms with Crippen molar-refractivity contribution >= 4 is 11.6 Å². The molecule has 1 amide bonds. The maximum absolute atomic E-state index is 13.8. The summed E-state index contributed by atoms with van der Waals surface area (Å²) in [4.78, 5) is 14.6. The molecule has 1 aliphatic carbocycles. The van der Waals surface area contributed by atoms with Crippen molar-refractivity contribution in [1.29, 1.82) is 0 Å². The summed E-state index contributed by atoms with van der Waals surface area (Å²) in [7, 11) is 0. The van der Waals surface area contributed by atoms with Gasteiger partial charge in [0.05, 0.1) is 12.2 Å². The lowest BCUT2D eigenvalue weighted by atomic mass is 9.78. The number of nitrogens with zero attached hydrogens (tertiary/aromatic N) is 1. The molecule has 120 valence electrons. The van der Waals surface area contributed by atoms with Crippen LogP contribution < -0.4 is 5.32 Å². The number of aryl methyl sites for hydroxylation is 1. The van der Waals surface area contributed by atoms with Crippen molar-refractivity contribution in [3.8, 4) is 0 Å². The van der Waals surface area contributed by atoms with Gasteiger partial charge in [-0.1, -0.05) is 18.9 Å². The molecule has 0 aromatic heterocycles. The van der Waals surface area contributed by atoms with Crippen LogP contribution in [0.3, 0.4) is 0 Å². The van der Waals surface area contributed by atoms with Crippen LogP contribution in [0.4, 0.5) is 10.1 Å². The molecule has 1 saturated carbocycles. The second kappa shape index (κ2) is 6.78. The highest BCUT2D eigenvalue weighted by Crippen LogP contribution is 2.35. The zero-order valence-corrected chi connectivity index (χ0v) is 13.3. The van der Waals surface area contributed by atoms with Gasteiger partial charge in [0.1, 0.15) is 5.82 Å². The summed E-state index contributed by atoms with van der Waals surface area (Å²) in [5.41, 5.74) is 1.14. The van der Waals surface area contributed by atoms with Gasteiger partial charge in [-0.05, 0) is 62.8 Å². The van der Waals surface area contributed by atoms with E-state index in [1.807, 2.05) is 13.0 Å². The lowest BCUT2D eigenvalue weighted by molar-refractivity contribution is -0.119. The van der Waals surface area contributed by atoms with Gasteiger partial charge in [-0.15, -0.1) is 0 Å². The van der Waals surface area contributed by atoms with Crippen LogP contribution in [-0.4, -0.2) is 29.9 Å². The van der Waals surface area contributed by atoms with Crippen LogP contribution >= 0.6 is 0 Å². The van der Waals surface area contributed by atoms with Crippen LogP contribution in [0.5, 0.6) is 0 Å². The fraction of sp³-hybridized carbons (Fsp3) is 0.611. The maximum Gasteiger partial charge on any atom is 0.238 e. The zero-order valence-electron chi connectivity index (χ0n) is 13.3. The molecule has 1 aliphatic heterocycles. The van der Waals surface area contributed by atoms with Gasteiger partial charge < -0.3 is 5.32 Å². The molecule has 0 bridgehead atoms. The highest BCUT2D eigenvalue weighted by Gasteiger charge is 2.33. The number of piperidine rings is 1. The van der Waals surface area contributed by atoms with E-state index >= 15 is 0 Å². The van der Waals surface area contributed by atoms with Gasteiger partial charge in [-0.25, -0.2) is 4.39 Å². The molecule has 1 N–H and O–H groups in total. The van der Waals surface area contributed by atoms with Crippen molar-refractivity contribution in [2.24, 2.45) is 5.92 Å². The number of hydrogen-bond acceptors (Lipinski definition) is 2. The summed E-state index contributed by atoms with van der Waals surface area (Å²) in [5.74, 6) is 0.294. The highest BCUT2D eigenvalue weighted by atomic mass is 19.1. The van der Waals surface area contributed by atoms with Gasteiger partial charge >= 0.3 is 0 Å². The first-order chi connectivity index (χ1) is 10.6. The third-order valence-electron chi connectivity index (χ3n) is 5.10. The third kappa shape index (κ3) is 3.49. The number of fused-ring (bicyclic) bond motifs is 1. The van der Waals surface area contributed by atoms with E-state index < -0.39 is 0 Å². The van der Waals surface area contributed by atoms with E-state index in [0.29, 0.717) is 12.6 Å². The van der Waals surface area contributed by atoms with Crippen LogP contribution in [0.15, 0.2) is 18.2 Å². The Bertz CT molecular complexity index is 544. The molecule has 3 rings (SSSR count). The van der Waals surface area contributed by atoms with Crippen molar-refractivity contribution in [1.82, 2.24) is 4.90 Å². The fourth-order valence-electron chi connectivity index (χ4n) is 4.02. The second-order valence-corrected chi connectivity index (χ2v) is 6.76. The first kappa shape index (κ1) is 15.5. The first-order valence-electron chi connectivity index (χ1n) is 8.43. The first-order valence-corrected chi connectivity index (χ1v) is 8.43. The van der Waals surface area contributed by atoms with Gasteiger partial charge in [0.15, 0.2) is 0 Å². The molecule has 0 spiro atoms. The normalized spacial score (nSPS) is 25.5. The smallest absolute Gasteiger partial charge is 0.238 e. The Morgan fingerprint density at radius 2 is 2.05 bits per heavy atom. The van der Waals surface area contributed by atoms with Crippen LogP contribution in [0, 0.1) is 18.7 Å². The van der Waals surface area contributed by atoms with Crippen LogP contribution in [0.1, 0.15) is 44.1 Å². The molecule has 2 fully saturated rings. The molecule has 1 aromatic rings. The molecule has 2 aliphatic rings. The topological polar surface area (TPSA) is 32.3 Å². The van der Waals surface area contributed by atoms with Crippen molar-refractivity contribution in [3.05, 3.63) is 29.6 Å².